The Morgan fingerprint density at radius 2 is 2.33 bits per heavy atom. The average molecular weight is 181 g/mol. The molecule has 1 aromatic heterocycles. The summed E-state index contributed by atoms with van der Waals surface area (Å²) in [6, 6.07) is 6.13. The summed E-state index contributed by atoms with van der Waals surface area (Å²) in [7, 11) is 1.93. The van der Waals surface area contributed by atoms with Crippen molar-refractivity contribution in [3.8, 4) is 0 Å². The van der Waals surface area contributed by atoms with Gasteiger partial charge in [-0.15, -0.1) is 11.6 Å². The maximum atomic E-state index is 5.72. The lowest BCUT2D eigenvalue weighted by Gasteiger charge is -1.96. The molecule has 0 bridgehead atoms. The predicted molar refractivity (Wildman–Crippen MR) is 50.3 cm³/mol. The molecule has 2 aromatic rings. The Bertz CT molecular complexity index is 406. The lowest BCUT2D eigenvalue weighted by molar-refractivity contribution is 0.796. The number of benzene rings is 1. The molecule has 62 valence electrons. The van der Waals surface area contributed by atoms with Crippen LogP contribution in [-0.4, -0.2) is 9.78 Å². The van der Waals surface area contributed by atoms with Crippen LogP contribution in [0, 0.1) is 0 Å². The second kappa shape index (κ2) is 2.79. The summed E-state index contributed by atoms with van der Waals surface area (Å²) in [6.45, 7) is 0. The van der Waals surface area contributed by atoms with Crippen LogP contribution in [0.15, 0.2) is 24.4 Å². The van der Waals surface area contributed by atoms with Crippen molar-refractivity contribution < 1.29 is 0 Å². The Morgan fingerprint density at radius 1 is 1.50 bits per heavy atom. The monoisotopic (exact) mass is 180 g/mol. The molecule has 2 nitrogen and oxygen atoms in total. The maximum absolute atomic E-state index is 5.72. The molecule has 0 fully saturated rings. The van der Waals surface area contributed by atoms with E-state index >= 15 is 0 Å². The number of hydrogen-bond acceptors (Lipinski definition) is 1. The van der Waals surface area contributed by atoms with E-state index in [1.807, 2.05) is 30.1 Å². The van der Waals surface area contributed by atoms with Gasteiger partial charge in [-0.05, 0) is 11.6 Å². The Labute approximate surface area is 75.8 Å². The quantitative estimate of drug-likeness (QED) is 0.616. The molecule has 0 aliphatic carbocycles. The van der Waals surface area contributed by atoms with Gasteiger partial charge in [0, 0.05) is 18.3 Å². The molecule has 1 aromatic carbocycles. The molecular formula is C9H9ClN2. The van der Waals surface area contributed by atoms with E-state index in [0.717, 1.165) is 16.5 Å². The second-order valence-corrected chi connectivity index (χ2v) is 3.06. The molecule has 0 unspecified atom stereocenters. The van der Waals surface area contributed by atoms with E-state index in [9.17, 15) is 0 Å². The first-order valence-corrected chi connectivity index (χ1v) is 4.31. The van der Waals surface area contributed by atoms with Gasteiger partial charge in [0.1, 0.15) is 0 Å². The predicted octanol–water partition coefficient (Wildman–Crippen LogP) is 2.31. The average Bonchev–Trinajstić information content (AvgIpc) is 2.47. The summed E-state index contributed by atoms with van der Waals surface area (Å²) in [5, 5.41) is 5.30. The van der Waals surface area contributed by atoms with Gasteiger partial charge in [0.2, 0.25) is 0 Å². The van der Waals surface area contributed by atoms with E-state index in [4.69, 9.17) is 11.6 Å². The van der Waals surface area contributed by atoms with E-state index < -0.39 is 0 Å². The van der Waals surface area contributed by atoms with Gasteiger partial charge >= 0.3 is 0 Å². The Morgan fingerprint density at radius 3 is 3.08 bits per heavy atom. The van der Waals surface area contributed by atoms with Crippen LogP contribution in [0.4, 0.5) is 0 Å². The van der Waals surface area contributed by atoms with Gasteiger partial charge in [-0.1, -0.05) is 12.1 Å². The molecule has 0 aliphatic rings. The molecule has 2 rings (SSSR count). The largest absolute Gasteiger partial charge is 0.268 e. The van der Waals surface area contributed by atoms with Crippen LogP contribution >= 0.6 is 11.6 Å². The molecule has 0 amide bonds. The van der Waals surface area contributed by atoms with Crippen molar-refractivity contribution >= 4 is 22.5 Å². The minimum absolute atomic E-state index is 0.557. The SMILES string of the molecule is Cn1ncc2ccc(CCl)cc21. The van der Waals surface area contributed by atoms with Gasteiger partial charge in [0.05, 0.1) is 11.7 Å². The van der Waals surface area contributed by atoms with E-state index in [-0.39, 0.29) is 0 Å². The van der Waals surface area contributed by atoms with Gasteiger partial charge in [0.25, 0.3) is 0 Å². The van der Waals surface area contributed by atoms with Crippen molar-refractivity contribution in [3.63, 3.8) is 0 Å². The fourth-order valence-electron chi connectivity index (χ4n) is 1.27. The minimum atomic E-state index is 0.557. The summed E-state index contributed by atoms with van der Waals surface area (Å²) < 4.78 is 1.85. The summed E-state index contributed by atoms with van der Waals surface area (Å²) >= 11 is 5.72. The fraction of sp³-hybridized carbons (Fsp3) is 0.222. The van der Waals surface area contributed by atoms with Crippen molar-refractivity contribution in [1.82, 2.24) is 9.78 Å². The molecule has 12 heavy (non-hydrogen) atoms. The number of nitrogens with zero attached hydrogens (tertiary/aromatic N) is 2. The summed E-state index contributed by atoms with van der Waals surface area (Å²) in [4.78, 5) is 0. The lowest BCUT2D eigenvalue weighted by atomic mass is 10.2. The summed E-state index contributed by atoms with van der Waals surface area (Å²) in [5.41, 5.74) is 2.26. The normalized spacial score (nSPS) is 10.8. The molecule has 0 spiro atoms. The molecule has 3 heteroatoms. The highest BCUT2D eigenvalue weighted by Gasteiger charge is 1.99. The highest BCUT2D eigenvalue weighted by Crippen LogP contribution is 2.15. The van der Waals surface area contributed by atoms with Crippen LogP contribution in [0.1, 0.15) is 5.56 Å². The van der Waals surface area contributed by atoms with Crippen molar-refractivity contribution in [2.24, 2.45) is 7.05 Å². The molecule has 0 N–H and O–H groups in total. The van der Waals surface area contributed by atoms with Crippen molar-refractivity contribution in [1.29, 1.82) is 0 Å². The van der Waals surface area contributed by atoms with Gasteiger partial charge in [-0.2, -0.15) is 5.10 Å². The van der Waals surface area contributed by atoms with Crippen LogP contribution in [0.3, 0.4) is 0 Å². The molecular weight excluding hydrogens is 172 g/mol. The van der Waals surface area contributed by atoms with Gasteiger partial charge in [0.15, 0.2) is 0 Å². The Balaban J connectivity index is 2.71. The van der Waals surface area contributed by atoms with Gasteiger partial charge in [-0.25, -0.2) is 0 Å². The number of hydrogen-bond donors (Lipinski definition) is 0. The van der Waals surface area contributed by atoms with E-state index in [2.05, 4.69) is 11.2 Å². The summed E-state index contributed by atoms with van der Waals surface area (Å²) in [6.07, 6.45) is 1.85. The number of fused-ring (bicyclic) bond motifs is 1. The highest BCUT2D eigenvalue weighted by atomic mass is 35.5. The van der Waals surface area contributed by atoms with Crippen molar-refractivity contribution in [2.45, 2.75) is 5.88 Å². The van der Waals surface area contributed by atoms with Crippen molar-refractivity contribution in [3.05, 3.63) is 30.0 Å². The summed E-state index contributed by atoms with van der Waals surface area (Å²) in [5.74, 6) is 0.557. The van der Waals surface area contributed by atoms with Crippen molar-refractivity contribution in [2.75, 3.05) is 0 Å². The van der Waals surface area contributed by atoms with Crippen LogP contribution < -0.4 is 0 Å². The third-order valence-electron chi connectivity index (χ3n) is 1.97. The smallest absolute Gasteiger partial charge is 0.0682 e. The van der Waals surface area contributed by atoms with Crippen LogP contribution in [0.5, 0.6) is 0 Å². The number of aryl methyl sites for hydroxylation is 1. The molecule has 0 saturated carbocycles. The van der Waals surface area contributed by atoms with Gasteiger partial charge < -0.3 is 0 Å². The third-order valence-corrected chi connectivity index (χ3v) is 2.28. The standard InChI is InChI=1S/C9H9ClN2/c1-12-9-4-7(5-10)2-3-8(9)6-11-12/h2-4,6H,5H2,1H3. The molecule has 0 aliphatic heterocycles. The second-order valence-electron chi connectivity index (χ2n) is 2.79. The first-order valence-electron chi connectivity index (χ1n) is 3.78. The first-order chi connectivity index (χ1) is 5.81. The van der Waals surface area contributed by atoms with E-state index in [1.165, 1.54) is 0 Å². The van der Waals surface area contributed by atoms with Crippen LogP contribution in [0.2, 0.25) is 0 Å². The van der Waals surface area contributed by atoms with Gasteiger partial charge in [-0.3, -0.25) is 4.68 Å². The fourth-order valence-corrected chi connectivity index (χ4v) is 1.44. The third kappa shape index (κ3) is 1.08. The Kier molecular flexibility index (Phi) is 1.77. The number of alkyl halides is 1. The lowest BCUT2D eigenvalue weighted by Crippen LogP contribution is -1.89. The number of rotatable bonds is 1. The zero-order valence-corrected chi connectivity index (χ0v) is 7.54. The highest BCUT2D eigenvalue weighted by molar-refractivity contribution is 6.17. The zero-order chi connectivity index (χ0) is 8.55. The van der Waals surface area contributed by atoms with E-state index in [0.29, 0.717) is 5.88 Å². The minimum Gasteiger partial charge on any atom is -0.268 e. The molecule has 0 radical (unpaired) electrons. The Hall–Kier alpha value is -1.02. The molecule has 0 atom stereocenters. The molecule has 0 saturated heterocycles. The first kappa shape index (κ1) is 7.62. The van der Waals surface area contributed by atoms with E-state index in [1.54, 1.807) is 0 Å². The topological polar surface area (TPSA) is 17.8 Å². The number of aromatic nitrogens is 2. The number of halogens is 1. The van der Waals surface area contributed by atoms with Crippen LogP contribution in [0.25, 0.3) is 10.9 Å². The maximum Gasteiger partial charge on any atom is 0.0682 e. The zero-order valence-electron chi connectivity index (χ0n) is 6.79. The molecule has 1 heterocycles. The van der Waals surface area contributed by atoms with Crippen LogP contribution in [-0.2, 0) is 12.9 Å².